The van der Waals surface area contributed by atoms with E-state index in [9.17, 15) is 14.6 Å². The van der Waals surface area contributed by atoms with Crippen LogP contribution in [0.15, 0.2) is 54.9 Å². The lowest BCUT2D eigenvalue weighted by atomic mass is 9.89. The maximum Gasteiger partial charge on any atom is 0.148 e. The number of β-amino-alcohol motifs (C(OH)–C–C–N with tert-alkyl or cyclic N) is 1. The lowest BCUT2D eigenvalue weighted by Crippen LogP contribution is -2.37. The van der Waals surface area contributed by atoms with Crippen molar-refractivity contribution in [3.63, 3.8) is 0 Å². The second-order valence-electron chi connectivity index (χ2n) is 9.04. The van der Waals surface area contributed by atoms with Crippen molar-refractivity contribution in [1.82, 2.24) is 24.6 Å². The Hall–Kier alpha value is -3.44. The quantitative estimate of drug-likeness (QED) is 0.296. The monoisotopic (exact) mass is 492 g/mol. The fourth-order valence-electron chi connectivity index (χ4n) is 4.62. The Labute approximate surface area is 207 Å². The van der Waals surface area contributed by atoms with Crippen LogP contribution in [0.3, 0.4) is 0 Å². The van der Waals surface area contributed by atoms with E-state index in [1.54, 1.807) is 36.7 Å². The summed E-state index contributed by atoms with van der Waals surface area (Å²) in [7, 11) is 0. The minimum absolute atomic E-state index is 0.111. The molecule has 36 heavy (non-hydrogen) atoms. The molecule has 4 heterocycles. The molecule has 1 fully saturated rings. The standard InChI is InChI=1S/C26H29FN6O3/c27-21-13-20(33-10-7-19(16-35)31-33)2-4-22(21)30-25-14-24-18(15-28-25)1-3-23(29-24)26(36)17-5-8-32(9-6-17)11-12-34/h1-4,7,10,13-15,17,26,34-36H,5-6,8-9,11-12,16H2,(H,28,30). The normalized spacial score (nSPS) is 15.9. The Morgan fingerprint density at radius 1 is 1.08 bits per heavy atom. The van der Waals surface area contributed by atoms with Gasteiger partial charge >= 0.3 is 0 Å². The molecule has 1 atom stereocenters. The fourth-order valence-corrected chi connectivity index (χ4v) is 4.62. The van der Waals surface area contributed by atoms with Gasteiger partial charge in [-0.1, -0.05) is 0 Å². The van der Waals surface area contributed by atoms with Crippen molar-refractivity contribution in [2.24, 2.45) is 5.92 Å². The highest BCUT2D eigenvalue weighted by molar-refractivity contribution is 5.81. The Morgan fingerprint density at radius 3 is 2.64 bits per heavy atom. The van der Waals surface area contributed by atoms with Gasteiger partial charge in [-0.25, -0.2) is 19.0 Å². The summed E-state index contributed by atoms with van der Waals surface area (Å²) in [6, 6.07) is 11.8. The van der Waals surface area contributed by atoms with Gasteiger partial charge in [0.05, 0.1) is 47.6 Å². The van der Waals surface area contributed by atoms with Crippen molar-refractivity contribution in [2.75, 3.05) is 31.6 Å². The van der Waals surface area contributed by atoms with Gasteiger partial charge in [0.25, 0.3) is 0 Å². The van der Waals surface area contributed by atoms with E-state index in [1.165, 1.54) is 10.7 Å². The van der Waals surface area contributed by atoms with Gasteiger partial charge in [0.2, 0.25) is 0 Å². The van der Waals surface area contributed by atoms with E-state index in [4.69, 9.17) is 5.11 Å². The number of aliphatic hydroxyl groups excluding tert-OH is 3. The molecule has 1 aliphatic heterocycles. The van der Waals surface area contributed by atoms with Crippen LogP contribution in [0.25, 0.3) is 16.6 Å². The van der Waals surface area contributed by atoms with Gasteiger partial charge in [0.1, 0.15) is 11.6 Å². The number of pyridine rings is 2. The van der Waals surface area contributed by atoms with E-state index in [1.807, 2.05) is 12.1 Å². The highest BCUT2D eigenvalue weighted by atomic mass is 19.1. The van der Waals surface area contributed by atoms with Crippen LogP contribution in [0, 0.1) is 11.7 Å². The molecule has 9 nitrogen and oxygen atoms in total. The molecule has 0 saturated carbocycles. The second kappa shape index (κ2) is 10.7. The second-order valence-corrected chi connectivity index (χ2v) is 9.04. The zero-order valence-corrected chi connectivity index (χ0v) is 19.8. The Balaban J connectivity index is 1.31. The van der Waals surface area contributed by atoms with Gasteiger partial charge in [-0.3, -0.25) is 0 Å². The van der Waals surface area contributed by atoms with Crippen molar-refractivity contribution in [3.8, 4) is 5.69 Å². The first-order valence-corrected chi connectivity index (χ1v) is 12.0. The molecular formula is C26H29FN6O3. The number of benzene rings is 1. The minimum atomic E-state index is -0.672. The van der Waals surface area contributed by atoms with Crippen molar-refractivity contribution in [3.05, 3.63) is 72.1 Å². The Morgan fingerprint density at radius 2 is 1.92 bits per heavy atom. The summed E-state index contributed by atoms with van der Waals surface area (Å²) in [6.45, 7) is 2.33. The molecule has 0 amide bonds. The van der Waals surface area contributed by atoms with E-state index in [2.05, 4.69) is 25.3 Å². The highest BCUT2D eigenvalue weighted by Gasteiger charge is 2.27. The zero-order valence-electron chi connectivity index (χ0n) is 19.8. The molecule has 0 spiro atoms. The topological polar surface area (TPSA) is 120 Å². The van der Waals surface area contributed by atoms with Gasteiger partial charge in [-0.2, -0.15) is 5.10 Å². The van der Waals surface area contributed by atoms with Gasteiger partial charge < -0.3 is 25.5 Å². The largest absolute Gasteiger partial charge is 0.395 e. The molecule has 1 aromatic carbocycles. The minimum Gasteiger partial charge on any atom is -0.395 e. The summed E-state index contributed by atoms with van der Waals surface area (Å²) in [5, 5.41) is 37.3. The number of nitrogens with one attached hydrogen (secondary N) is 1. The molecule has 4 N–H and O–H groups in total. The average molecular weight is 493 g/mol. The molecule has 188 valence electrons. The average Bonchev–Trinajstić information content (AvgIpc) is 3.39. The van der Waals surface area contributed by atoms with Crippen LogP contribution >= 0.6 is 0 Å². The number of aromatic nitrogens is 4. The highest BCUT2D eigenvalue weighted by Crippen LogP contribution is 2.31. The van der Waals surface area contributed by atoms with Crippen molar-refractivity contribution < 1.29 is 19.7 Å². The number of anilines is 2. The van der Waals surface area contributed by atoms with Crippen LogP contribution < -0.4 is 5.32 Å². The molecule has 1 unspecified atom stereocenters. The van der Waals surface area contributed by atoms with E-state index in [0.717, 1.165) is 31.3 Å². The van der Waals surface area contributed by atoms with Crippen LogP contribution in [0.2, 0.25) is 0 Å². The molecule has 0 aliphatic carbocycles. The number of hydrogen-bond acceptors (Lipinski definition) is 8. The molecule has 5 rings (SSSR count). The summed E-state index contributed by atoms with van der Waals surface area (Å²) in [5.41, 5.74) is 2.56. The molecule has 0 radical (unpaired) electrons. The van der Waals surface area contributed by atoms with Crippen LogP contribution in [-0.2, 0) is 6.61 Å². The third-order valence-corrected chi connectivity index (χ3v) is 6.68. The number of rotatable bonds is 8. The Bertz CT molecular complexity index is 1340. The van der Waals surface area contributed by atoms with E-state index < -0.39 is 11.9 Å². The smallest absolute Gasteiger partial charge is 0.148 e. The number of aliphatic hydroxyl groups is 3. The summed E-state index contributed by atoms with van der Waals surface area (Å²) >= 11 is 0. The summed E-state index contributed by atoms with van der Waals surface area (Å²) in [6.07, 6.45) is 4.35. The zero-order chi connectivity index (χ0) is 25.1. The van der Waals surface area contributed by atoms with Gasteiger partial charge in [0.15, 0.2) is 0 Å². The lowest BCUT2D eigenvalue weighted by Gasteiger charge is -2.33. The SMILES string of the molecule is OCCN1CCC(C(O)c2ccc3cnc(Nc4ccc(-n5ccc(CO)n5)cc4F)cc3n2)CC1. The summed E-state index contributed by atoms with van der Waals surface area (Å²) in [4.78, 5) is 11.3. The molecule has 1 saturated heterocycles. The van der Waals surface area contributed by atoms with Gasteiger partial charge in [-0.05, 0) is 62.2 Å². The lowest BCUT2D eigenvalue weighted by molar-refractivity contribution is 0.0515. The molecule has 10 heteroatoms. The van der Waals surface area contributed by atoms with E-state index >= 15 is 0 Å². The molecule has 0 bridgehead atoms. The van der Waals surface area contributed by atoms with Crippen LogP contribution in [0.4, 0.5) is 15.9 Å². The summed E-state index contributed by atoms with van der Waals surface area (Å²) in [5.74, 6) is 0.0764. The molecular weight excluding hydrogens is 463 g/mol. The number of halogens is 1. The fraction of sp³-hybridized carbons (Fsp3) is 0.346. The molecule has 4 aromatic rings. The first kappa shape index (κ1) is 24.3. The Kier molecular flexibility index (Phi) is 7.19. The van der Waals surface area contributed by atoms with Gasteiger partial charge in [0, 0.05) is 36.5 Å². The molecule has 3 aromatic heterocycles. The number of fused-ring (bicyclic) bond motifs is 1. The van der Waals surface area contributed by atoms with Crippen molar-refractivity contribution in [2.45, 2.75) is 25.6 Å². The number of likely N-dealkylation sites (tertiary alicyclic amines) is 1. The third-order valence-electron chi connectivity index (χ3n) is 6.68. The maximum absolute atomic E-state index is 14.8. The number of piperidine rings is 1. The number of nitrogens with zero attached hydrogens (tertiary/aromatic N) is 5. The van der Waals surface area contributed by atoms with Crippen molar-refractivity contribution in [1.29, 1.82) is 0 Å². The maximum atomic E-state index is 14.8. The predicted molar refractivity (Wildman–Crippen MR) is 133 cm³/mol. The van der Waals surface area contributed by atoms with Crippen LogP contribution in [0.1, 0.15) is 30.3 Å². The molecule has 1 aliphatic rings. The van der Waals surface area contributed by atoms with Gasteiger partial charge in [-0.15, -0.1) is 0 Å². The van der Waals surface area contributed by atoms with E-state index in [-0.39, 0.29) is 24.8 Å². The summed E-state index contributed by atoms with van der Waals surface area (Å²) < 4.78 is 16.3. The number of hydrogen-bond donors (Lipinski definition) is 4. The van der Waals surface area contributed by atoms with E-state index in [0.29, 0.717) is 35.0 Å². The first-order chi connectivity index (χ1) is 17.5. The van der Waals surface area contributed by atoms with Crippen LogP contribution in [-0.4, -0.2) is 66.2 Å². The predicted octanol–water partition coefficient (Wildman–Crippen LogP) is 2.93. The first-order valence-electron chi connectivity index (χ1n) is 12.0. The van der Waals surface area contributed by atoms with Crippen LogP contribution in [0.5, 0.6) is 0 Å². The third kappa shape index (κ3) is 5.21. The van der Waals surface area contributed by atoms with Crippen molar-refractivity contribution >= 4 is 22.4 Å².